The number of carbonyl (C=O) groups excluding carboxylic acids is 5. The largest absolute Gasteiger partial charge is 0.444 e. The van der Waals surface area contributed by atoms with Crippen molar-refractivity contribution in [3.8, 4) is 0 Å². The maximum absolute atomic E-state index is 12.0. The van der Waals surface area contributed by atoms with Gasteiger partial charge in [-0.15, -0.1) is 11.4 Å². The Kier molecular flexibility index (Phi) is 26.0. The Morgan fingerprint density at radius 3 is 1.68 bits per heavy atom. The number of aliphatic hydroxyl groups is 1. The molecule has 1 aromatic carbocycles. The number of hydrogen-bond acceptors (Lipinski definition) is 13. The SMILES string of the molecule is C=CCN(C(=O)OCC(Cl)(Cl)Cl)C(=O)OC(C)(C)C.CC(C)(C)OC(=O)N(CCCN=[N+]=[N-])C(=O)OCC(Cl)(Cl)Cl.C[Si](C)(C)N=[N+]=[N-].O=C1OC(O)c2ccccc21. The zero-order valence-corrected chi connectivity index (χ0v) is 39.3. The number of cyclic esters (lactones) is 1. The first-order valence-electron chi connectivity index (χ1n) is 16.9. The van der Waals surface area contributed by atoms with Crippen molar-refractivity contribution in [2.75, 3.05) is 32.8 Å². The third-order valence-corrected chi connectivity index (χ3v) is 6.76. The number of aliphatic hydroxyl groups excluding tert-OH is 1. The van der Waals surface area contributed by atoms with Gasteiger partial charge in [-0.2, -0.15) is 0 Å². The number of rotatable bonds is 9. The molecule has 1 aliphatic rings. The van der Waals surface area contributed by atoms with E-state index in [-0.39, 0.29) is 26.1 Å². The molecule has 26 heteroatoms. The highest BCUT2D eigenvalue weighted by atomic mass is 35.6. The van der Waals surface area contributed by atoms with Gasteiger partial charge in [0.15, 0.2) is 0 Å². The molecule has 0 bridgehead atoms. The third-order valence-electron chi connectivity index (χ3n) is 5.41. The zero-order valence-electron chi connectivity index (χ0n) is 33.8. The summed E-state index contributed by atoms with van der Waals surface area (Å²) in [5.41, 5.74) is 15.6. The highest BCUT2D eigenvalue weighted by molar-refractivity contribution is 6.74. The van der Waals surface area contributed by atoms with Gasteiger partial charge in [0.1, 0.15) is 32.7 Å². The van der Waals surface area contributed by atoms with Crippen molar-refractivity contribution in [1.29, 1.82) is 0 Å². The molecule has 1 aromatic rings. The Balaban J connectivity index is 0. The van der Waals surface area contributed by atoms with Gasteiger partial charge in [-0.25, -0.2) is 33.8 Å². The highest BCUT2D eigenvalue weighted by Gasteiger charge is 2.32. The van der Waals surface area contributed by atoms with Crippen molar-refractivity contribution in [2.24, 2.45) is 9.89 Å². The lowest BCUT2D eigenvalue weighted by Gasteiger charge is -2.26. The van der Waals surface area contributed by atoms with Crippen molar-refractivity contribution in [2.45, 2.75) is 92.7 Å². The van der Waals surface area contributed by atoms with Gasteiger partial charge in [0.2, 0.25) is 13.9 Å². The predicted octanol–water partition coefficient (Wildman–Crippen LogP) is 11.3. The summed E-state index contributed by atoms with van der Waals surface area (Å²) in [4.78, 5) is 64.9. The lowest BCUT2D eigenvalue weighted by molar-refractivity contribution is -0.0548. The van der Waals surface area contributed by atoms with E-state index in [0.717, 1.165) is 0 Å². The van der Waals surface area contributed by atoms with E-state index in [0.29, 0.717) is 20.9 Å². The van der Waals surface area contributed by atoms with Crippen LogP contribution < -0.4 is 0 Å². The summed E-state index contributed by atoms with van der Waals surface area (Å²) in [5, 5.41) is 12.4. The number of fused-ring (bicyclic) bond motifs is 1. The fourth-order valence-corrected chi connectivity index (χ4v) is 3.89. The van der Waals surface area contributed by atoms with E-state index in [1.54, 1.807) is 65.8 Å². The van der Waals surface area contributed by atoms with Crippen LogP contribution in [0.1, 0.15) is 70.2 Å². The molecular weight excluding hydrogens is 925 g/mol. The first kappa shape index (κ1) is 57.5. The molecule has 2 rings (SSSR count). The maximum atomic E-state index is 12.0. The summed E-state index contributed by atoms with van der Waals surface area (Å²) in [6.07, 6.45) is -3.22. The Labute approximate surface area is 373 Å². The second-order valence-corrected chi connectivity index (χ2v) is 23.9. The van der Waals surface area contributed by atoms with Crippen LogP contribution in [0.5, 0.6) is 0 Å². The first-order chi connectivity index (χ1) is 26.8. The molecule has 1 atom stereocenters. The number of halogens is 6. The van der Waals surface area contributed by atoms with Crippen LogP contribution in [0.2, 0.25) is 19.6 Å². The van der Waals surface area contributed by atoms with Crippen LogP contribution in [-0.4, -0.2) is 105 Å². The van der Waals surface area contributed by atoms with Crippen molar-refractivity contribution in [3.63, 3.8) is 0 Å². The standard InChI is InChI=1S/C11H17Cl3N4O4.C11H16Cl3NO4.C8H6O3.C3H9N3Si/c1-10(2,3)22-9(20)18(6-4-5-16-17-15)8(19)21-7-11(12,13)14;1-5-6-15(9(17)19-10(2,3)4)8(16)18-7-11(12,13)14;9-7-5-3-1-2-4-6(5)8(10)11-7;1-7(2,3)6-5-4/h4-7H2,1-3H3;5H,1,6-7H2,2-4H3;1-4,7,9H;1-3H3. The number of benzene rings is 1. The monoisotopic (exact) mass is 970 g/mol. The number of amides is 4. The van der Waals surface area contributed by atoms with E-state index >= 15 is 0 Å². The second-order valence-electron chi connectivity index (χ2n) is 14.4. The molecule has 1 N–H and O–H groups in total. The van der Waals surface area contributed by atoms with Gasteiger partial charge in [0.25, 0.3) is 0 Å². The zero-order chi connectivity index (χ0) is 46.4. The quantitative estimate of drug-likeness (QED) is 0.0280. The number of esters is 1. The van der Waals surface area contributed by atoms with Gasteiger partial charge in [-0.3, -0.25) is 0 Å². The van der Waals surface area contributed by atoms with Gasteiger partial charge >= 0.3 is 30.3 Å². The summed E-state index contributed by atoms with van der Waals surface area (Å²) < 4.78 is 24.2. The van der Waals surface area contributed by atoms with E-state index < -0.39 is 76.9 Å². The Hall–Kier alpha value is -3.55. The van der Waals surface area contributed by atoms with Gasteiger partial charge in [-0.1, -0.05) is 119 Å². The molecule has 0 radical (unpaired) electrons. The number of hydrogen-bond donors (Lipinski definition) is 1. The number of ether oxygens (including phenoxy) is 5. The predicted molar refractivity (Wildman–Crippen MR) is 227 cm³/mol. The van der Waals surface area contributed by atoms with Crippen LogP contribution in [0.4, 0.5) is 19.2 Å². The molecule has 332 valence electrons. The highest BCUT2D eigenvalue weighted by Crippen LogP contribution is 2.28. The topological polar surface area (TPSA) is 256 Å². The minimum atomic E-state index is -1.79. The molecule has 0 aromatic heterocycles. The molecule has 0 saturated carbocycles. The second kappa shape index (κ2) is 26.6. The molecule has 19 nitrogen and oxygen atoms in total. The molecule has 1 heterocycles. The van der Waals surface area contributed by atoms with Crippen LogP contribution in [0.3, 0.4) is 0 Å². The molecule has 0 spiro atoms. The first-order valence-corrected chi connectivity index (χ1v) is 22.6. The van der Waals surface area contributed by atoms with E-state index in [4.69, 9.17) is 105 Å². The van der Waals surface area contributed by atoms with Gasteiger partial charge in [-0.05, 0) is 70.0 Å². The lowest BCUT2D eigenvalue weighted by Crippen LogP contribution is -2.42. The number of nitrogens with zero attached hydrogens (tertiary/aromatic N) is 8. The maximum Gasteiger partial charge on any atom is 0.420 e. The van der Waals surface area contributed by atoms with Gasteiger partial charge in [0.05, 0.1) is 12.1 Å². The fourth-order valence-electron chi connectivity index (χ4n) is 3.29. The summed E-state index contributed by atoms with van der Waals surface area (Å²) in [6, 6.07) is 6.79. The summed E-state index contributed by atoms with van der Waals surface area (Å²) in [6.45, 7) is 18.3. The number of imide groups is 2. The molecule has 0 fully saturated rings. The van der Waals surface area contributed by atoms with E-state index in [9.17, 15) is 24.0 Å². The van der Waals surface area contributed by atoms with Crippen molar-refractivity contribution >= 4 is 108 Å². The van der Waals surface area contributed by atoms with Crippen molar-refractivity contribution in [1.82, 2.24) is 9.80 Å². The Morgan fingerprint density at radius 2 is 1.31 bits per heavy atom. The lowest BCUT2D eigenvalue weighted by atomic mass is 10.1. The molecule has 4 amide bonds. The van der Waals surface area contributed by atoms with Crippen molar-refractivity contribution in [3.05, 3.63) is 68.9 Å². The van der Waals surface area contributed by atoms with E-state index in [1.165, 1.54) is 6.08 Å². The number of alkyl halides is 6. The van der Waals surface area contributed by atoms with Gasteiger partial charge in [0, 0.05) is 23.6 Å². The smallest absolute Gasteiger partial charge is 0.420 e. The summed E-state index contributed by atoms with van der Waals surface area (Å²) in [5.74, 6) is -0.451. The molecule has 59 heavy (non-hydrogen) atoms. The summed E-state index contributed by atoms with van der Waals surface area (Å²) >= 11 is 32.8. The molecule has 0 saturated heterocycles. The minimum Gasteiger partial charge on any atom is -0.444 e. The number of carbonyl (C=O) groups is 5. The third kappa shape index (κ3) is 30.2. The van der Waals surface area contributed by atoms with Crippen LogP contribution in [0, 0.1) is 0 Å². The van der Waals surface area contributed by atoms with Crippen LogP contribution >= 0.6 is 69.6 Å². The average Bonchev–Trinajstić information content (AvgIpc) is 3.35. The molecular formula is C33H48Cl6N8O11Si. The molecule has 1 unspecified atom stereocenters. The summed E-state index contributed by atoms with van der Waals surface area (Å²) in [7, 11) is -1.45. The Morgan fingerprint density at radius 1 is 0.847 bits per heavy atom. The van der Waals surface area contributed by atoms with Crippen LogP contribution in [-0.2, 0) is 23.7 Å². The van der Waals surface area contributed by atoms with E-state index in [2.05, 4.69) is 31.0 Å². The minimum absolute atomic E-state index is 0.0629. The van der Waals surface area contributed by atoms with E-state index in [1.807, 2.05) is 19.6 Å². The van der Waals surface area contributed by atoms with Crippen LogP contribution in [0.25, 0.3) is 20.9 Å². The van der Waals surface area contributed by atoms with Gasteiger partial charge < -0.3 is 28.8 Å². The normalized spacial score (nSPS) is 13.2. The van der Waals surface area contributed by atoms with Crippen molar-refractivity contribution < 1.29 is 52.8 Å². The fraction of sp³-hybridized carbons (Fsp3) is 0.606. The number of azide groups is 2. The molecule has 1 aliphatic heterocycles. The van der Waals surface area contributed by atoms with Crippen LogP contribution in [0.15, 0.2) is 46.8 Å². The Bertz CT molecular complexity index is 1670. The molecule has 0 aliphatic carbocycles. The average molecular weight is 974 g/mol.